The minimum absolute atomic E-state index is 1.05. The van der Waals surface area contributed by atoms with Crippen molar-refractivity contribution in [1.82, 2.24) is 14.9 Å². The molecule has 1 aliphatic rings. The molecule has 0 unspecified atom stereocenters. The summed E-state index contributed by atoms with van der Waals surface area (Å²) in [5.74, 6) is 0. The molecule has 3 rings (SSSR count). The van der Waals surface area contributed by atoms with Crippen LogP contribution >= 0.6 is 0 Å². The number of H-pyrrole nitrogens is 1. The third kappa shape index (κ3) is 1.35. The Labute approximate surface area is 89.1 Å². The van der Waals surface area contributed by atoms with E-state index in [9.17, 15) is 0 Å². The van der Waals surface area contributed by atoms with E-state index in [1.165, 1.54) is 22.2 Å². The van der Waals surface area contributed by atoms with Crippen LogP contribution < -0.4 is 0 Å². The van der Waals surface area contributed by atoms with Crippen LogP contribution in [0.25, 0.3) is 10.9 Å². The van der Waals surface area contributed by atoms with Crippen molar-refractivity contribution in [3.8, 4) is 0 Å². The quantitative estimate of drug-likeness (QED) is 0.705. The van der Waals surface area contributed by atoms with Gasteiger partial charge in [0.1, 0.15) is 0 Å². The fourth-order valence-corrected chi connectivity index (χ4v) is 2.36. The highest BCUT2D eigenvalue weighted by Crippen LogP contribution is 2.26. The van der Waals surface area contributed by atoms with Crippen molar-refractivity contribution in [3.63, 3.8) is 0 Å². The van der Waals surface area contributed by atoms with Crippen molar-refractivity contribution >= 4 is 10.9 Å². The number of nitrogens with one attached hydrogen (secondary N) is 1. The number of rotatable bonds is 0. The maximum Gasteiger partial charge on any atom is 0.0646 e. The van der Waals surface area contributed by atoms with Gasteiger partial charge >= 0.3 is 0 Å². The molecule has 0 atom stereocenters. The normalized spacial score (nSPS) is 16.9. The molecule has 0 amide bonds. The molecule has 3 heteroatoms. The highest BCUT2D eigenvalue weighted by atomic mass is 15.1. The summed E-state index contributed by atoms with van der Waals surface area (Å²) in [6.45, 7) is 4.25. The molecule has 0 aliphatic carbocycles. The van der Waals surface area contributed by atoms with Crippen molar-refractivity contribution in [2.75, 3.05) is 13.6 Å². The zero-order valence-corrected chi connectivity index (χ0v) is 9.17. The third-order valence-corrected chi connectivity index (χ3v) is 3.19. The first-order chi connectivity index (χ1) is 7.24. The largest absolute Gasteiger partial charge is 0.357 e. The Hall–Kier alpha value is -1.35. The smallest absolute Gasteiger partial charge is 0.0646 e. The molecule has 1 N–H and O–H groups in total. The lowest BCUT2D eigenvalue weighted by atomic mass is 10.1. The second kappa shape index (κ2) is 3.07. The molecule has 0 bridgehead atoms. The van der Waals surface area contributed by atoms with E-state index in [0.717, 1.165) is 25.2 Å². The van der Waals surface area contributed by atoms with Crippen molar-refractivity contribution in [1.29, 1.82) is 0 Å². The summed E-state index contributed by atoms with van der Waals surface area (Å²) in [4.78, 5) is 10.2. The molecule has 3 heterocycles. The maximum atomic E-state index is 4.32. The highest BCUT2D eigenvalue weighted by molar-refractivity contribution is 5.84. The number of likely N-dealkylation sites (N-methyl/N-ethyl adjacent to an activating group) is 1. The summed E-state index contributed by atoms with van der Waals surface area (Å²) in [5, 5.41) is 1.35. The van der Waals surface area contributed by atoms with E-state index in [0.29, 0.717) is 0 Å². The monoisotopic (exact) mass is 201 g/mol. The number of hydrogen-bond acceptors (Lipinski definition) is 2. The van der Waals surface area contributed by atoms with Gasteiger partial charge in [-0.2, -0.15) is 0 Å². The van der Waals surface area contributed by atoms with Crippen molar-refractivity contribution in [2.24, 2.45) is 0 Å². The van der Waals surface area contributed by atoms with E-state index < -0.39 is 0 Å². The Morgan fingerprint density at radius 2 is 2.33 bits per heavy atom. The van der Waals surface area contributed by atoms with Gasteiger partial charge in [0.05, 0.1) is 11.7 Å². The van der Waals surface area contributed by atoms with Gasteiger partial charge in [-0.1, -0.05) is 0 Å². The van der Waals surface area contributed by atoms with Crippen LogP contribution in [0, 0.1) is 6.92 Å². The van der Waals surface area contributed by atoms with Crippen LogP contribution in [0.15, 0.2) is 12.3 Å². The minimum Gasteiger partial charge on any atom is -0.357 e. The topological polar surface area (TPSA) is 31.9 Å². The van der Waals surface area contributed by atoms with E-state index in [-0.39, 0.29) is 0 Å². The minimum atomic E-state index is 1.05. The molecule has 2 aromatic rings. The van der Waals surface area contributed by atoms with E-state index in [1.54, 1.807) is 0 Å². The molecule has 78 valence electrons. The van der Waals surface area contributed by atoms with Crippen LogP contribution in [-0.2, 0) is 13.0 Å². The van der Waals surface area contributed by atoms with Crippen LogP contribution in [0.2, 0.25) is 0 Å². The molecule has 0 radical (unpaired) electrons. The van der Waals surface area contributed by atoms with Gasteiger partial charge in [-0.15, -0.1) is 0 Å². The lowest BCUT2D eigenvalue weighted by Crippen LogP contribution is -2.25. The van der Waals surface area contributed by atoms with Crippen LogP contribution in [0.3, 0.4) is 0 Å². The summed E-state index contributed by atoms with van der Waals surface area (Å²) >= 11 is 0. The van der Waals surface area contributed by atoms with Gasteiger partial charge in [0.15, 0.2) is 0 Å². The number of hydrogen-bond donors (Lipinski definition) is 1. The maximum absolute atomic E-state index is 4.32. The van der Waals surface area contributed by atoms with Crippen LogP contribution in [-0.4, -0.2) is 28.5 Å². The summed E-state index contributed by atoms with van der Waals surface area (Å²) in [6, 6.07) is 2.18. The fraction of sp³-hybridized carbons (Fsp3) is 0.417. The number of pyridine rings is 1. The van der Waals surface area contributed by atoms with Crippen LogP contribution in [0.1, 0.15) is 17.0 Å². The number of nitrogens with zero attached hydrogens (tertiary/aromatic N) is 2. The van der Waals surface area contributed by atoms with Crippen LogP contribution in [0.5, 0.6) is 0 Å². The Bertz CT molecular complexity index is 513. The molecule has 2 aromatic heterocycles. The lowest BCUT2D eigenvalue weighted by Gasteiger charge is -2.22. The fourth-order valence-electron chi connectivity index (χ4n) is 2.36. The van der Waals surface area contributed by atoms with Gasteiger partial charge in [-0.3, -0.25) is 4.98 Å². The first-order valence-electron chi connectivity index (χ1n) is 5.38. The molecule has 0 saturated heterocycles. The number of fused-ring (bicyclic) bond motifs is 3. The Balaban J connectivity index is 2.25. The van der Waals surface area contributed by atoms with Crippen molar-refractivity contribution in [3.05, 3.63) is 29.2 Å². The molecule has 0 aromatic carbocycles. The predicted octanol–water partition coefficient (Wildman–Crippen LogP) is 1.86. The van der Waals surface area contributed by atoms with Gasteiger partial charge in [0, 0.05) is 36.3 Å². The van der Waals surface area contributed by atoms with E-state index in [1.807, 2.05) is 13.1 Å². The second-order valence-corrected chi connectivity index (χ2v) is 4.44. The number of aromatic amines is 1. The molecular weight excluding hydrogens is 186 g/mol. The Morgan fingerprint density at radius 1 is 1.47 bits per heavy atom. The Kier molecular flexibility index (Phi) is 1.83. The van der Waals surface area contributed by atoms with Gasteiger partial charge in [-0.25, -0.2) is 0 Å². The second-order valence-electron chi connectivity index (χ2n) is 4.44. The van der Waals surface area contributed by atoms with Crippen LogP contribution in [0.4, 0.5) is 0 Å². The van der Waals surface area contributed by atoms with E-state index in [4.69, 9.17) is 0 Å². The molecule has 3 nitrogen and oxygen atoms in total. The zero-order chi connectivity index (χ0) is 10.4. The summed E-state index contributed by atoms with van der Waals surface area (Å²) in [5.41, 5.74) is 5.14. The number of aryl methyl sites for hydroxylation is 1. The van der Waals surface area contributed by atoms with Gasteiger partial charge < -0.3 is 9.88 Å². The van der Waals surface area contributed by atoms with Gasteiger partial charge in [0.25, 0.3) is 0 Å². The average Bonchev–Trinajstić information content (AvgIpc) is 2.56. The van der Waals surface area contributed by atoms with Crippen molar-refractivity contribution < 1.29 is 0 Å². The summed E-state index contributed by atoms with van der Waals surface area (Å²) in [6.07, 6.45) is 3.07. The van der Waals surface area contributed by atoms with Gasteiger partial charge in [0.2, 0.25) is 0 Å². The first kappa shape index (κ1) is 8.92. The predicted molar refractivity (Wildman–Crippen MR) is 60.9 cm³/mol. The molecule has 0 saturated carbocycles. The third-order valence-electron chi connectivity index (χ3n) is 3.19. The van der Waals surface area contributed by atoms with Gasteiger partial charge in [-0.05, 0) is 25.6 Å². The SMILES string of the molecule is Cc1cc2c3c([nH]c2cn1)CCN(C)C3. The highest BCUT2D eigenvalue weighted by Gasteiger charge is 2.18. The Morgan fingerprint density at radius 3 is 3.20 bits per heavy atom. The number of aromatic nitrogens is 2. The molecule has 0 fully saturated rings. The molecule has 1 aliphatic heterocycles. The lowest BCUT2D eigenvalue weighted by molar-refractivity contribution is 0.313. The first-order valence-corrected chi connectivity index (χ1v) is 5.38. The average molecular weight is 201 g/mol. The molecular formula is C12H15N3. The molecule has 15 heavy (non-hydrogen) atoms. The summed E-state index contributed by atoms with van der Waals surface area (Å²) in [7, 11) is 2.18. The summed E-state index contributed by atoms with van der Waals surface area (Å²) < 4.78 is 0. The van der Waals surface area contributed by atoms with E-state index >= 15 is 0 Å². The zero-order valence-electron chi connectivity index (χ0n) is 9.17. The molecule has 0 spiro atoms. The van der Waals surface area contributed by atoms with Crippen molar-refractivity contribution in [2.45, 2.75) is 19.9 Å². The standard InChI is InChI=1S/C12H15N3/c1-8-5-9-10-7-15(2)4-3-11(10)14-12(9)6-13-8/h5-6,14H,3-4,7H2,1-2H3. The van der Waals surface area contributed by atoms with E-state index in [2.05, 4.69) is 28.0 Å².